The molecule has 0 fully saturated rings. The van der Waals surface area contributed by atoms with Crippen molar-refractivity contribution in [3.05, 3.63) is 29.6 Å². The predicted octanol–water partition coefficient (Wildman–Crippen LogP) is 3.30. The lowest BCUT2D eigenvalue weighted by molar-refractivity contribution is -0.136. The minimum absolute atomic E-state index is 0. The van der Waals surface area contributed by atoms with E-state index in [0.717, 1.165) is 6.07 Å². The standard InChI is InChI=1S/C10H11F4NO.ClH/c11-8-5-6(16)1-2-7(8)9(15)3-4-10(12,13)14;/h1-2,5,9,16H,3-4,15H2;1H/t9-;/m1./s1. The third-order valence-corrected chi connectivity index (χ3v) is 2.12. The monoisotopic (exact) mass is 273 g/mol. The molecule has 1 aromatic carbocycles. The lowest BCUT2D eigenvalue weighted by Crippen LogP contribution is -2.16. The Morgan fingerprint density at radius 2 is 1.88 bits per heavy atom. The number of rotatable bonds is 3. The van der Waals surface area contributed by atoms with Gasteiger partial charge in [-0.3, -0.25) is 0 Å². The maximum Gasteiger partial charge on any atom is 0.389 e. The summed E-state index contributed by atoms with van der Waals surface area (Å²) in [6.07, 6.45) is -5.75. The summed E-state index contributed by atoms with van der Waals surface area (Å²) in [5.41, 5.74) is 5.41. The highest BCUT2D eigenvalue weighted by Gasteiger charge is 2.28. The second-order valence-electron chi connectivity index (χ2n) is 3.47. The quantitative estimate of drug-likeness (QED) is 0.830. The molecule has 98 valence electrons. The molecule has 17 heavy (non-hydrogen) atoms. The fourth-order valence-corrected chi connectivity index (χ4v) is 1.29. The molecule has 0 unspecified atom stereocenters. The molecule has 3 N–H and O–H groups in total. The van der Waals surface area contributed by atoms with Gasteiger partial charge in [-0.25, -0.2) is 4.39 Å². The molecule has 0 amide bonds. The molecule has 7 heteroatoms. The zero-order valence-corrected chi connectivity index (χ0v) is 9.48. The molecule has 1 atom stereocenters. The number of alkyl halides is 3. The van der Waals surface area contributed by atoms with Gasteiger partial charge in [0.2, 0.25) is 0 Å². The largest absolute Gasteiger partial charge is 0.508 e. The van der Waals surface area contributed by atoms with Crippen molar-refractivity contribution in [3.8, 4) is 5.75 Å². The molecular weight excluding hydrogens is 262 g/mol. The van der Waals surface area contributed by atoms with Crippen LogP contribution in [-0.4, -0.2) is 11.3 Å². The first-order chi connectivity index (χ1) is 7.29. The van der Waals surface area contributed by atoms with Gasteiger partial charge in [-0.1, -0.05) is 6.07 Å². The van der Waals surface area contributed by atoms with E-state index in [1.165, 1.54) is 12.1 Å². The van der Waals surface area contributed by atoms with Crippen molar-refractivity contribution in [3.63, 3.8) is 0 Å². The van der Waals surface area contributed by atoms with Crippen molar-refractivity contribution in [1.29, 1.82) is 0 Å². The van der Waals surface area contributed by atoms with E-state index in [1.807, 2.05) is 0 Å². The molecule has 0 aliphatic carbocycles. The smallest absolute Gasteiger partial charge is 0.389 e. The van der Waals surface area contributed by atoms with Gasteiger partial charge < -0.3 is 10.8 Å². The molecule has 2 nitrogen and oxygen atoms in total. The number of aromatic hydroxyl groups is 1. The summed E-state index contributed by atoms with van der Waals surface area (Å²) in [4.78, 5) is 0. The molecule has 1 rings (SSSR count). The molecule has 0 bridgehead atoms. The van der Waals surface area contributed by atoms with Gasteiger partial charge in [0.1, 0.15) is 11.6 Å². The van der Waals surface area contributed by atoms with Crippen LogP contribution >= 0.6 is 12.4 Å². The third-order valence-electron chi connectivity index (χ3n) is 2.12. The van der Waals surface area contributed by atoms with Crippen LogP contribution in [0.3, 0.4) is 0 Å². The minimum Gasteiger partial charge on any atom is -0.508 e. The lowest BCUT2D eigenvalue weighted by atomic mass is 10.0. The molecule has 0 spiro atoms. The number of phenols is 1. The van der Waals surface area contributed by atoms with E-state index >= 15 is 0 Å². The van der Waals surface area contributed by atoms with Crippen LogP contribution in [0.1, 0.15) is 24.4 Å². The second kappa shape index (κ2) is 6.07. The Bertz CT molecular complexity index is 370. The average Bonchev–Trinajstić information content (AvgIpc) is 2.13. The Kier molecular flexibility index (Phi) is 5.71. The Morgan fingerprint density at radius 3 is 2.35 bits per heavy atom. The van der Waals surface area contributed by atoms with Crippen LogP contribution in [-0.2, 0) is 0 Å². The lowest BCUT2D eigenvalue weighted by Gasteiger charge is -2.14. The summed E-state index contributed by atoms with van der Waals surface area (Å²) in [5, 5.41) is 8.92. The average molecular weight is 274 g/mol. The summed E-state index contributed by atoms with van der Waals surface area (Å²) in [5.74, 6) is -1.08. The van der Waals surface area contributed by atoms with Crippen molar-refractivity contribution in [2.45, 2.75) is 25.1 Å². The number of benzene rings is 1. The van der Waals surface area contributed by atoms with E-state index in [4.69, 9.17) is 10.8 Å². The van der Waals surface area contributed by atoms with Gasteiger partial charge in [0.05, 0.1) is 0 Å². The number of hydrogen-bond acceptors (Lipinski definition) is 2. The Morgan fingerprint density at radius 1 is 1.29 bits per heavy atom. The third kappa shape index (κ3) is 5.23. The van der Waals surface area contributed by atoms with Crippen LogP contribution in [0.5, 0.6) is 5.75 Å². The van der Waals surface area contributed by atoms with Gasteiger partial charge in [0, 0.05) is 24.1 Å². The summed E-state index contributed by atoms with van der Waals surface area (Å²) in [6.45, 7) is 0. The fraction of sp³-hybridized carbons (Fsp3) is 0.400. The zero-order chi connectivity index (χ0) is 12.3. The van der Waals surface area contributed by atoms with E-state index in [1.54, 1.807) is 0 Å². The van der Waals surface area contributed by atoms with Gasteiger partial charge in [-0.05, 0) is 12.5 Å². The normalized spacial score (nSPS) is 13.0. The van der Waals surface area contributed by atoms with Crippen LogP contribution in [0.25, 0.3) is 0 Å². The van der Waals surface area contributed by atoms with Crippen LogP contribution in [0.2, 0.25) is 0 Å². The van der Waals surface area contributed by atoms with Gasteiger partial charge in [0.25, 0.3) is 0 Å². The van der Waals surface area contributed by atoms with Gasteiger partial charge in [0.15, 0.2) is 0 Å². The zero-order valence-electron chi connectivity index (χ0n) is 8.67. The summed E-state index contributed by atoms with van der Waals surface area (Å²) in [6, 6.07) is 2.17. The minimum atomic E-state index is -4.30. The molecule has 0 heterocycles. The van der Waals surface area contributed by atoms with Gasteiger partial charge in [-0.2, -0.15) is 13.2 Å². The highest BCUT2D eigenvalue weighted by molar-refractivity contribution is 5.85. The van der Waals surface area contributed by atoms with Crippen LogP contribution in [0.4, 0.5) is 17.6 Å². The van der Waals surface area contributed by atoms with Crippen molar-refractivity contribution >= 4 is 12.4 Å². The number of halogens is 5. The molecule has 0 radical (unpaired) electrons. The second-order valence-corrected chi connectivity index (χ2v) is 3.47. The molecule has 0 aliphatic rings. The predicted molar refractivity (Wildman–Crippen MR) is 57.5 cm³/mol. The van der Waals surface area contributed by atoms with Crippen molar-refractivity contribution in [1.82, 2.24) is 0 Å². The maximum atomic E-state index is 13.2. The molecule has 0 aromatic heterocycles. The van der Waals surface area contributed by atoms with E-state index in [-0.39, 0.29) is 30.1 Å². The van der Waals surface area contributed by atoms with Crippen molar-refractivity contribution < 1.29 is 22.7 Å². The first-order valence-electron chi connectivity index (χ1n) is 4.60. The maximum absolute atomic E-state index is 13.2. The van der Waals surface area contributed by atoms with Crippen LogP contribution in [0, 0.1) is 5.82 Å². The molecule has 0 aliphatic heterocycles. The highest BCUT2D eigenvalue weighted by atomic mass is 35.5. The van der Waals surface area contributed by atoms with Gasteiger partial charge in [-0.15, -0.1) is 12.4 Å². The molecule has 0 saturated heterocycles. The highest BCUT2D eigenvalue weighted by Crippen LogP contribution is 2.28. The number of nitrogens with two attached hydrogens (primary N) is 1. The molecular formula is C10H12ClF4NO. The Hall–Kier alpha value is -1.01. The summed E-state index contributed by atoms with van der Waals surface area (Å²) >= 11 is 0. The van der Waals surface area contributed by atoms with Crippen molar-refractivity contribution in [2.24, 2.45) is 5.73 Å². The summed E-state index contributed by atoms with van der Waals surface area (Å²) < 4.78 is 48.9. The van der Waals surface area contributed by atoms with Crippen molar-refractivity contribution in [2.75, 3.05) is 0 Å². The first-order valence-corrected chi connectivity index (χ1v) is 4.60. The van der Waals surface area contributed by atoms with E-state index in [2.05, 4.69) is 0 Å². The molecule has 1 aromatic rings. The van der Waals surface area contributed by atoms with Gasteiger partial charge >= 0.3 is 6.18 Å². The van der Waals surface area contributed by atoms with Crippen LogP contribution < -0.4 is 5.73 Å². The molecule has 0 saturated carbocycles. The van der Waals surface area contributed by atoms with E-state index in [9.17, 15) is 17.6 Å². The Labute approximate surface area is 102 Å². The first kappa shape index (κ1) is 16.0. The number of hydrogen-bond donors (Lipinski definition) is 2. The van der Waals surface area contributed by atoms with E-state index < -0.39 is 24.5 Å². The van der Waals surface area contributed by atoms with Crippen LogP contribution in [0.15, 0.2) is 18.2 Å². The number of phenolic OH excluding ortho intramolecular Hbond substituents is 1. The van der Waals surface area contributed by atoms with E-state index in [0.29, 0.717) is 0 Å². The topological polar surface area (TPSA) is 46.2 Å². The Balaban J connectivity index is 0.00000256. The fourth-order valence-electron chi connectivity index (χ4n) is 1.29. The summed E-state index contributed by atoms with van der Waals surface area (Å²) in [7, 11) is 0. The SMILES string of the molecule is Cl.N[C@H](CCC(F)(F)F)c1ccc(O)cc1F.